The second kappa shape index (κ2) is 6.60. The molecule has 2 rings (SSSR count). The lowest BCUT2D eigenvalue weighted by Gasteiger charge is -2.08. The predicted octanol–water partition coefficient (Wildman–Crippen LogP) is 1.50. The van der Waals surface area contributed by atoms with Crippen molar-refractivity contribution in [2.45, 2.75) is 13.3 Å². The quantitative estimate of drug-likeness (QED) is 0.549. The highest BCUT2D eigenvalue weighted by Crippen LogP contribution is 2.18. The van der Waals surface area contributed by atoms with E-state index in [9.17, 15) is 4.79 Å². The van der Waals surface area contributed by atoms with Gasteiger partial charge in [0, 0.05) is 24.6 Å². The van der Waals surface area contributed by atoms with Crippen molar-refractivity contribution in [3.05, 3.63) is 42.0 Å². The van der Waals surface area contributed by atoms with Crippen LogP contribution in [0.3, 0.4) is 0 Å². The molecule has 0 fully saturated rings. The Morgan fingerprint density at radius 3 is 3.05 bits per heavy atom. The molecule has 1 amide bonds. The number of aromatic amines is 1. The highest BCUT2D eigenvalue weighted by atomic mass is 16.5. The van der Waals surface area contributed by atoms with Crippen LogP contribution in [-0.2, 0) is 0 Å². The number of carbonyl (C=O) groups is 1. The summed E-state index contributed by atoms with van der Waals surface area (Å²) in [5, 5.41) is 2.76. The summed E-state index contributed by atoms with van der Waals surface area (Å²) in [5.41, 5.74) is 7.48. The molecule has 6 heteroatoms. The lowest BCUT2D eigenvalue weighted by molar-refractivity contribution is 0.0942. The first-order valence-corrected chi connectivity index (χ1v) is 6.43. The average molecular weight is 274 g/mol. The maximum absolute atomic E-state index is 11.6. The Bertz CT molecular complexity index is 567. The van der Waals surface area contributed by atoms with E-state index < -0.39 is 0 Å². The van der Waals surface area contributed by atoms with Crippen molar-refractivity contribution in [3.8, 4) is 5.75 Å². The molecule has 0 saturated carbocycles. The molecule has 0 saturated heterocycles. The molecular weight excluding hydrogens is 256 g/mol. The summed E-state index contributed by atoms with van der Waals surface area (Å²) in [6, 6.07) is 5.56. The maximum atomic E-state index is 11.6. The van der Waals surface area contributed by atoms with Crippen LogP contribution >= 0.6 is 0 Å². The van der Waals surface area contributed by atoms with Gasteiger partial charge in [-0.3, -0.25) is 4.79 Å². The van der Waals surface area contributed by atoms with Gasteiger partial charge in [0.1, 0.15) is 5.75 Å². The number of hydrogen-bond donors (Lipinski definition) is 3. The lowest BCUT2D eigenvalue weighted by atomic mass is 10.2. The van der Waals surface area contributed by atoms with Gasteiger partial charge in [-0.05, 0) is 37.1 Å². The molecule has 2 aromatic rings. The number of carbonyl (C=O) groups excluding carboxylic acids is 1. The van der Waals surface area contributed by atoms with E-state index in [2.05, 4.69) is 15.3 Å². The number of H-pyrrole nitrogens is 1. The molecule has 1 aromatic heterocycles. The number of nitrogens with one attached hydrogen (secondary N) is 2. The molecule has 0 aliphatic rings. The smallest absolute Gasteiger partial charge is 0.287 e. The predicted molar refractivity (Wildman–Crippen MR) is 76.6 cm³/mol. The SMILES string of the molecule is Cc1cc(OCCCNC(=O)c2ncc[nH]2)ccc1N. The second-order valence-electron chi connectivity index (χ2n) is 4.41. The van der Waals surface area contributed by atoms with Crippen molar-refractivity contribution in [1.82, 2.24) is 15.3 Å². The monoisotopic (exact) mass is 274 g/mol. The number of ether oxygens (including phenoxy) is 1. The maximum Gasteiger partial charge on any atom is 0.287 e. The zero-order valence-electron chi connectivity index (χ0n) is 11.3. The van der Waals surface area contributed by atoms with Gasteiger partial charge in [0.05, 0.1) is 6.61 Å². The van der Waals surface area contributed by atoms with Gasteiger partial charge in [-0.2, -0.15) is 0 Å². The zero-order valence-corrected chi connectivity index (χ0v) is 11.3. The van der Waals surface area contributed by atoms with E-state index in [-0.39, 0.29) is 5.91 Å². The summed E-state index contributed by atoms with van der Waals surface area (Å²) in [4.78, 5) is 18.2. The van der Waals surface area contributed by atoms with E-state index >= 15 is 0 Å². The van der Waals surface area contributed by atoms with Crippen LogP contribution in [0.2, 0.25) is 0 Å². The molecule has 0 aliphatic carbocycles. The van der Waals surface area contributed by atoms with Crippen LogP contribution in [-0.4, -0.2) is 29.0 Å². The fourth-order valence-electron chi connectivity index (χ4n) is 1.68. The number of benzene rings is 1. The van der Waals surface area contributed by atoms with Crippen molar-refractivity contribution in [3.63, 3.8) is 0 Å². The van der Waals surface area contributed by atoms with E-state index in [1.807, 2.05) is 25.1 Å². The highest BCUT2D eigenvalue weighted by Gasteiger charge is 2.06. The molecule has 0 aliphatic heterocycles. The number of nitrogen functional groups attached to an aromatic ring is 1. The largest absolute Gasteiger partial charge is 0.494 e. The number of nitrogens with zero attached hydrogens (tertiary/aromatic N) is 1. The first kappa shape index (κ1) is 13.9. The molecule has 106 valence electrons. The van der Waals surface area contributed by atoms with Gasteiger partial charge in [0.15, 0.2) is 5.82 Å². The second-order valence-corrected chi connectivity index (χ2v) is 4.41. The summed E-state index contributed by atoms with van der Waals surface area (Å²) < 4.78 is 5.58. The van der Waals surface area contributed by atoms with Crippen molar-refractivity contribution in [2.24, 2.45) is 0 Å². The van der Waals surface area contributed by atoms with Gasteiger partial charge in [-0.15, -0.1) is 0 Å². The van der Waals surface area contributed by atoms with Crippen LogP contribution in [0.15, 0.2) is 30.6 Å². The molecule has 6 nitrogen and oxygen atoms in total. The number of hydrogen-bond acceptors (Lipinski definition) is 4. The average Bonchev–Trinajstić information content (AvgIpc) is 2.96. The molecule has 0 bridgehead atoms. The minimum Gasteiger partial charge on any atom is -0.494 e. The summed E-state index contributed by atoms with van der Waals surface area (Å²) in [7, 11) is 0. The van der Waals surface area contributed by atoms with Gasteiger partial charge < -0.3 is 20.8 Å². The summed E-state index contributed by atoms with van der Waals surface area (Å²) in [6.45, 7) is 3.00. The minimum absolute atomic E-state index is 0.210. The first-order valence-electron chi connectivity index (χ1n) is 6.43. The van der Waals surface area contributed by atoms with Crippen LogP contribution in [0.4, 0.5) is 5.69 Å². The van der Waals surface area contributed by atoms with Gasteiger partial charge in [0.2, 0.25) is 0 Å². The molecule has 20 heavy (non-hydrogen) atoms. The molecule has 0 spiro atoms. The third-order valence-corrected chi connectivity index (χ3v) is 2.83. The van der Waals surface area contributed by atoms with Gasteiger partial charge in [-0.1, -0.05) is 0 Å². The molecule has 0 atom stereocenters. The van der Waals surface area contributed by atoms with E-state index in [1.165, 1.54) is 0 Å². The van der Waals surface area contributed by atoms with Crippen LogP contribution in [0.5, 0.6) is 5.75 Å². The van der Waals surface area contributed by atoms with Crippen molar-refractivity contribution < 1.29 is 9.53 Å². The number of amides is 1. The molecule has 0 radical (unpaired) electrons. The number of aryl methyl sites for hydroxylation is 1. The van der Waals surface area contributed by atoms with Crippen LogP contribution in [0.25, 0.3) is 0 Å². The lowest BCUT2D eigenvalue weighted by Crippen LogP contribution is -2.26. The number of imidazole rings is 1. The van der Waals surface area contributed by atoms with Crippen molar-refractivity contribution >= 4 is 11.6 Å². The van der Waals surface area contributed by atoms with E-state index in [0.29, 0.717) is 19.0 Å². The molecule has 4 N–H and O–H groups in total. The first-order chi connectivity index (χ1) is 9.66. The standard InChI is InChI=1S/C14H18N4O2/c1-10-9-11(3-4-12(10)15)20-8-2-5-18-14(19)13-16-6-7-17-13/h3-4,6-7,9H,2,5,8,15H2,1H3,(H,16,17)(H,18,19). The molecular formula is C14H18N4O2. The Morgan fingerprint density at radius 2 is 2.35 bits per heavy atom. The Hall–Kier alpha value is -2.50. The number of nitrogens with two attached hydrogens (primary N) is 1. The van der Waals surface area contributed by atoms with Gasteiger partial charge in [0.25, 0.3) is 5.91 Å². The van der Waals surface area contributed by atoms with Crippen LogP contribution < -0.4 is 15.8 Å². The van der Waals surface area contributed by atoms with E-state index in [0.717, 1.165) is 23.4 Å². The minimum atomic E-state index is -0.210. The zero-order chi connectivity index (χ0) is 14.4. The third-order valence-electron chi connectivity index (χ3n) is 2.83. The molecule has 0 unspecified atom stereocenters. The fourth-order valence-corrected chi connectivity index (χ4v) is 1.68. The number of aromatic nitrogens is 2. The van der Waals surface area contributed by atoms with Crippen molar-refractivity contribution in [2.75, 3.05) is 18.9 Å². The van der Waals surface area contributed by atoms with Crippen LogP contribution in [0, 0.1) is 6.92 Å². The van der Waals surface area contributed by atoms with Crippen molar-refractivity contribution in [1.29, 1.82) is 0 Å². The van der Waals surface area contributed by atoms with E-state index in [4.69, 9.17) is 10.5 Å². The Kier molecular flexibility index (Phi) is 4.60. The Labute approximate surface area is 117 Å². The molecule has 1 aromatic carbocycles. The topological polar surface area (TPSA) is 93.0 Å². The summed E-state index contributed by atoms with van der Waals surface area (Å²) in [5.74, 6) is 0.896. The Balaban J connectivity index is 1.66. The van der Waals surface area contributed by atoms with Gasteiger partial charge >= 0.3 is 0 Å². The van der Waals surface area contributed by atoms with Crippen LogP contribution in [0.1, 0.15) is 22.6 Å². The fraction of sp³-hybridized carbons (Fsp3) is 0.286. The van der Waals surface area contributed by atoms with Gasteiger partial charge in [-0.25, -0.2) is 4.98 Å². The van der Waals surface area contributed by atoms with E-state index in [1.54, 1.807) is 12.4 Å². The normalized spacial score (nSPS) is 10.2. The number of rotatable bonds is 6. The summed E-state index contributed by atoms with van der Waals surface area (Å²) in [6.07, 6.45) is 3.87. The number of anilines is 1. The third kappa shape index (κ3) is 3.74. The highest BCUT2D eigenvalue weighted by molar-refractivity contribution is 5.90. The Morgan fingerprint density at radius 1 is 1.50 bits per heavy atom. The summed E-state index contributed by atoms with van der Waals surface area (Å²) >= 11 is 0. The molecule has 1 heterocycles.